The Labute approximate surface area is 192 Å². The van der Waals surface area contributed by atoms with E-state index in [4.69, 9.17) is 17.3 Å². The first kappa shape index (κ1) is 22.2. The minimum atomic E-state index is -0.193. The van der Waals surface area contributed by atoms with Crippen LogP contribution in [-0.2, 0) is 11.2 Å². The molecular weight excluding hydrogens is 424 g/mol. The second-order valence-corrected chi connectivity index (χ2v) is 8.81. The number of fused-ring (bicyclic) bond motifs is 1. The summed E-state index contributed by atoms with van der Waals surface area (Å²) in [5.74, 6) is -0.352. The first-order valence-corrected chi connectivity index (χ1v) is 11.3. The first-order chi connectivity index (χ1) is 15.4. The van der Waals surface area contributed by atoms with E-state index in [0.717, 1.165) is 55.5 Å². The zero-order valence-electron chi connectivity index (χ0n) is 18.1. The average Bonchev–Trinajstić information content (AvgIpc) is 2.78. The molecule has 32 heavy (non-hydrogen) atoms. The number of likely N-dealkylation sites (tertiary alicyclic amines) is 1. The number of benzene rings is 2. The molecule has 2 heterocycles. The molecule has 0 unspecified atom stereocenters. The first-order valence-electron chi connectivity index (χ1n) is 10.9. The van der Waals surface area contributed by atoms with Crippen molar-refractivity contribution in [3.05, 3.63) is 70.4 Å². The summed E-state index contributed by atoms with van der Waals surface area (Å²) in [5, 5.41) is 4.41. The van der Waals surface area contributed by atoms with Crippen LogP contribution in [0.5, 0.6) is 0 Å². The predicted octanol–water partition coefficient (Wildman–Crippen LogP) is 4.19. The van der Waals surface area contributed by atoms with Crippen LogP contribution in [0.4, 0.5) is 5.69 Å². The number of amides is 2. The molecule has 1 aliphatic heterocycles. The molecule has 1 aromatic heterocycles. The third kappa shape index (κ3) is 5.26. The minimum Gasteiger partial charge on any atom is -0.369 e. The number of rotatable bonds is 6. The molecule has 0 bridgehead atoms. The number of aromatic nitrogens is 1. The summed E-state index contributed by atoms with van der Waals surface area (Å²) >= 11 is 6.08. The van der Waals surface area contributed by atoms with Gasteiger partial charge in [0.05, 0.1) is 16.8 Å². The molecule has 2 amide bonds. The lowest BCUT2D eigenvalue weighted by Crippen LogP contribution is -2.39. The van der Waals surface area contributed by atoms with Crippen molar-refractivity contribution in [2.45, 2.75) is 26.2 Å². The maximum atomic E-state index is 12.8. The third-order valence-corrected chi connectivity index (χ3v) is 6.37. The number of nitrogens with one attached hydrogen (secondary N) is 1. The molecule has 1 saturated heterocycles. The van der Waals surface area contributed by atoms with Crippen molar-refractivity contribution in [1.29, 1.82) is 0 Å². The number of aryl methyl sites for hydroxylation is 1. The molecule has 0 saturated carbocycles. The van der Waals surface area contributed by atoms with Gasteiger partial charge in [0.25, 0.3) is 5.91 Å². The number of hydrogen-bond donors (Lipinski definition) is 2. The lowest BCUT2D eigenvalue weighted by atomic mass is 9.96. The molecule has 0 aliphatic carbocycles. The maximum Gasteiger partial charge on any atom is 0.257 e. The number of nitrogens with two attached hydrogens (primary N) is 1. The van der Waals surface area contributed by atoms with Gasteiger partial charge in [-0.05, 0) is 81.2 Å². The SMILES string of the molecule is Cc1nc2ccc(Cl)cc2cc1C(=O)Nc1ccc(CCN2CCC(C(N)=O)CC2)cc1. The van der Waals surface area contributed by atoms with Crippen molar-refractivity contribution in [2.75, 3.05) is 25.0 Å². The van der Waals surface area contributed by atoms with Crippen LogP contribution in [0.25, 0.3) is 10.9 Å². The number of nitrogens with zero attached hydrogens (tertiary/aromatic N) is 2. The van der Waals surface area contributed by atoms with Gasteiger partial charge >= 0.3 is 0 Å². The Morgan fingerprint density at radius 3 is 2.53 bits per heavy atom. The summed E-state index contributed by atoms with van der Waals surface area (Å²) in [5.41, 5.74) is 9.37. The Bertz CT molecular complexity index is 1140. The highest BCUT2D eigenvalue weighted by atomic mass is 35.5. The summed E-state index contributed by atoms with van der Waals surface area (Å²) in [4.78, 5) is 31.0. The van der Waals surface area contributed by atoms with Crippen LogP contribution in [0.1, 0.15) is 34.5 Å². The Balaban J connectivity index is 1.34. The van der Waals surface area contributed by atoms with Crippen molar-refractivity contribution in [3.8, 4) is 0 Å². The summed E-state index contributed by atoms with van der Waals surface area (Å²) in [7, 11) is 0. The molecule has 166 valence electrons. The zero-order valence-corrected chi connectivity index (χ0v) is 18.9. The van der Waals surface area contributed by atoms with Gasteiger partial charge in [0.1, 0.15) is 0 Å². The van der Waals surface area contributed by atoms with Crippen molar-refractivity contribution < 1.29 is 9.59 Å². The Hall–Kier alpha value is -2.96. The molecule has 7 heteroatoms. The molecule has 3 N–H and O–H groups in total. The van der Waals surface area contributed by atoms with E-state index < -0.39 is 0 Å². The standard InChI is InChI=1S/C25H27ClN4O2/c1-16-22(15-19-14-20(26)4-7-23(19)28-16)25(32)29-21-5-2-17(3-6-21)8-11-30-12-9-18(10-13-30)24(27)31/h2-7,14-15,18H,8-13H2,1H3,(H2,27,31)(H,29,32). The van der Waals surface area contributed by atoms with Crippen LogP contribution in [0.15, 0.2) is 48.5 Å². The van der Waals surface area contributed by atoms with E-state index in [1.165, 1.54) is 5.56 Å². The molecule has 0 spiro atoms. The normalized spacial score (nSPS) is 15.1. The lowest BCUT2D eigenvalue weighted by Gasteiger charge is -2.30. The van der Waals surface area contributed by atoms with E-state index in [1.807, 2.05) is 49.4 Å². The molecule has 4 rings (SSSR count). The van der Waals surface area contributed by atoms with Crippen LogP contribution in [0, 0.1) is 12.8 Å². The van der Waals surface area contributed by atoms with E-state index in [2.05, 4.69) is 15.2 Å². The van der Waals surface area contributed by atoms with E-state index in [-0.39, 0.29) is 17.7 Å². The summed E-state index contributed by atoms with van der Waals surface area (Å²) in [6.45, 7) is 4.60. The number of pyridine rings is 1. The molecule has 3 aromatic rings. The number of carbonyl (C=O) groups excluding carboxylic acids is 2. The molecule has 0 atom stereocenters. The van der Waals surface area contributed by atoms with E-state index in [0.29, 0.717) is 16.3 Å². The predicted molar refractivity (Wildman–Crippen MR) is 128 cm³/mol. The van der Waals surface area contributed by atoms with Gasteiger partial charge in [-0.1, -0.05) is 23.7 Å². The van der Waals surface area contributed by atoms with E-state index in [9.17, 15) is 9.59 Å². The maximum absolute atomic E-state index is 12.8. The van der Waals surface area contributed by atoms with Crippen molar-refractivity contribution >= 4 is 40.0 Å². The average molecular weight is 451 g/mol. The molecule has 1 fully saturated rings. The topological polar surface area (TPSA) is 88.3 Å². The van der Waals surface area contributed by atoms with Gasteiger partial charge in [-0.2, -0.15) is 0 Å². The van der Waals surface area contributed by atoms with Crippen LogP contribution in [0.3, 0.4) is 0 Å². The smallest absolute Gasteiger partial charge is 0.257 e. The Morgan fingerprint density at radius 1 is 1.12 bits per heavy atom. The summed E-state index contributed by atoms with van der Waals surface area (Å²) < 4.78 is 0. The lowest BCUT2D eigenvalue weighted by molar-refractivity contribution is -0.123. The number of primary amides is 1. The fourth-order valence-corrected chi connectivity index (χ4v) is 4.34. The summed E-state index contributed by atoms with van der Waals surface area (Å²) in [6.07, 6.45) is 2.61. The molecule has 6 nitrogen and oxygen atoms in total. The van der Waals surface area contributed by atoms with Gasteiger partial charge in [-0.3, -0.25) is 14.6 Å². The number of hydrogen-bond acceptors (Lipinski definition) is 4. The highest BCUT2D eigenvalue weighted by molar-refractivity contribution is 6.31. The largest absolute Gasteiger partial charge is 0.369 e. The highest BCUT2D eigenvalue weighted by Gasteiger charge is 2.22. The Kier molecular flexibility index (Phi) is 6.72. The van der Waals surface area contributed by atoms with Crippen molar-refractivity contribution in [2.24, 2.45) is 11.7 Å². The van der Waals surface area contributed by atoms with Crippen LogP contribution >= 0.6 is 11.6 Å². The number of halogens is 1. The molecular formula is C25H27ClN4O2. The zero-order chi connectivity index (χ0) is 22.7. The number of carbonyl (C=O) groups is 2. The second kappa shape index (κ2) is 9.67. The van der Waals surface area contributed by atoms with Gasteiger partial charge < -0.3 is 16.0 Å². The number of anilines is 1. The quantitative estimate of drug-likeness (QED) is 0.589. The second-order valence-electron chi connectivity index (χ2n) is 8.38. The minimum absolute atomic E-state index is 0.0209. The molecule has 2 aromatic carbocycles. The number of piperidine rings is 1. The van der Waals surface area contributed by atoms with Gasteiger partial charge in [0.2, 0.25) is 5.91 Å². The van der Waals surface area contributed by atoms with Crippen molar-refractivity contribution in [3.63, 3.8) is 0 Å². The van der Waals surface area contributed by atoms with Crippen LogP contribution in [-0.4, -0.2) is 41.3 Å². The van der Waals surface area contributed by atoms with E-state index in [1.54, 1.807) is 6.07 Å². The fourth-order valence-electron chi connectivity index (χ4n) is 4.15. The van der Waals surface area contributed by atoms with E-state index >= 15 is 0 Å². The van der Waals surface area contributed by atoms with Crippen LogP contribution in [0.2, 0.25) is 5.02 Å². The van der Waals surface area contributed by atoms with Gasteiger partial charge in [0.15, 0.2) is 0 Å². The Morgan fingerprint density at radius 2 is 1.84 bits per heavy atom. The van der Waals surface area contributed by atoms with Gasteiger partial charge in [-0.15, -0.1) is 0 Å². The van der Waals surface area contributed by atoms with Crippen LogP contribution < -0.4 is 11.1 Å². The highest BCUT2D eigenvalue weighted by Crippen LogP contribution is 2.22. The third-order valence-electron chi connectivity index (χ3n) is 6.13. The van der Waals surface area contributed by atoms with Crippen molar-refractivity contribution in [1.82, 2.24) is 9.88 Å². The summed E-state index contributed by atoms with van der Waals surface area (Å²) in [6, 6.07) is 15.2. The molecule has 0 radical (unpaired) electrons. The fraction of sp³-hybridized carbons (Fsp3) is 0.320. The monoisotopic (exact) mass is 450 g/mol. The molecule has 1 aliphatic rings. The van der Waals surface area contributed by atoms with Gasteiger partial charge in [-0.25, -0.2) is 0 Å². The van der Waals surface area contributed by atoms with Gasteiger partial charge in [0, 0.05) is 28.6 Å².